The van der Waals surface area contributed by atoms with Gasteiger partial charge < -0.3 is 9.73 Å². The molecule has 1 aromatic heterocycles. The van der Waals surface area contributed by atoms with Crippen LogP contribution in [0.15, 0.2) is 23.0 Å². The molecule has 0 aliphatic heterocycles. The molecule has 0 aromatic carbocycles. The zero-order valence-electron chi connectivity index (χ0n) is 12.4. The maximum Gasteiger partial charge on any atom is 0.0935 e. The maximum absolute atomic E-state index is 5.20. The molecule has 1 aliphatic carbocycles. The van der Waals surface area contributed by atoms with Crippen LogP contribution in [0.5, 0.6) is 0 Å². The minimum atomic E-state index is 0.433. The summed E-state index contributed by atoms with van der Waals surface area (Å²) in [4.78, 5) is 0. The summed E-state index contributed by atoms with van der Waals surface area (Å²) in [6.45, 7) is 12.9. The minimum absolute atomic E-state index is 0.433. The molecule has 2 heteroatoms. The third-order valence-electron chi connectivity index (χ3n) is 5.23. The first-order chi connectivity index (χ1) is 8.41. The van der Waals surface area contributed by atoms with E-state index in [-0.39, 0.29) is 0 Å². The van der Waals surface area contributed by atoms with Crippen LogP contribution in [0.25, 0.3) is 0 Å². The highest BCUT2D eigenvalue weighted by atomic mass is 16.3. The van der Waals surface area contributed by atoms with Crippen molar-refractivity contribution in [3.8, 4) is 0 Å². The van der Waals surface area contributed by atoms with Gasteiger partial charge >= 0.3 is 0 Å². The van der Waals surface area contributed by atoms with Crippen LogP contribution in [0.2, 0.25) is 0 Å². The van der Waals surface area contributed by atoms with Crippen molar-refractivity contribution in [1.82, 2.24) is 5.32 Å². The van der Waals surface area contributed by atoms with E-state index < -0.39 is 0 Å². The summed E-state index contributed by atoms with van der Waals surface area (Å²) < 4.78 is 5.20. The fourth-order valence-corrected chi connectivity index (χ4v) is 3.55. The molecule has 1 fully saturated rings. The zero-order valence-corrected chi connectivity index (χ0v) is 12.4. The molecule has 0 spiro atoms. The number of furan rings is 1. The van der Waals surface area contributed by atoms with Crippen molar-refractivity contribution in [2.24, 2.45) is 16.7 Å². The van der Waals surface area contributed by atoms with Crippen LogP contribution in [-0.4, -0.2) is 12.6 Å². The van der Waals surface area contributed by atoms with Crippen molar-refractivity contribution >= 4 is 0 Å². The van der Waals surface area contributed by atoms with Gasteiger partial charge in [0.05, 0.1) is 12.5 Å². The Morgan fingerprint density at radius 3 is 2.39 bits per heavy atom. The van der Waals surface area contributed by atoms with Gasteiger partial charge in [0.1, 0.15) is 0 Å². The van der Waals surface area contributed by atoms with Crippen LogP contribution in [0, 0.1) is 16.7 Å². The molecule has 2 rings (SSSR count). The SMILES string of the molecule is CCCNC(Cc1ccoc1)C1C(C)(C)C1(C)C. The average Bonchev–Trinajstić information content (AvgIpc) is 2.70. The lowest BCUT2D eigenvalue weighted by Crippen LogP contribution is -2.35. The Bertz CT molecular complexity index is 364. The van der Waals surface area contributed by atoms with Gasteiger partial charge in [-0.05, 0) is 47.8 Å². The third-order valence-corrected chi connectivity index (χ3v) is 5.23. The molecule has 1 N–H and O–H groups in total. The van der Waals surface area contributed by atoms with E-state index >= 15 is 0 Å². The van der Waals surface area contributed by atoms with Crippen molar-refractivity contribution in [2.75, 3.05) is 6.54 Å². The molecule has 0 amide bonds. The highest BCUT2D eigenvalue weighted by Crippen LogP contribution is 2.69. The van der Waals surface area contributed by atoms with E-state index in [1.54, 1.807) is 6.26 Å². The lowest BCUT2D eigenvalue weighted by molar-refractivity contribution is 0.394. The molecule has 1 saturated carbocycles. The van der Waals surface area contributed by atoms with Crippen molar-refractivity contribution in [1.29, 1.82) is 0 Å². The molecule has 1 atom stereocenters. The van der Waals surface area contributed by atoms with E-state index in [0.29, 0.717) is 16.9 Å². The summed E-state index contributed by atoms with van der Waals surface area (Å²) in [5.41, 5.74) is 2.17. The van der Waals surface area contributed by atoms with Crippen LogP contribution < -0.4 is 5.32 Å². The summed E-state index contributed by atoms with van der Waals surface area (Å²) >= 11 is 0. The van der Waals surface area contributed by atoms with Gasteiger partial charge in [-0.2, -0.15) is 0 Å². The van der Waals surface area contributed by atoms with Gasteiger partial charge in [0.2, 0.25) is 0 Å². The smallest absolute Gasteiger partial charge is 0.0935 e. The Hall–Kier alpha value is -0.760. The van der Waals surface area contributed by atoms with E-state index in [1.807, 2.05) is 6.26 Å². The quantitative estimate of drug-likeness (QED) is 0.828. The molecule has 1 aliphatic rings. The van der Waals surface area contributed by atoms with E-state index in [4.69, 9.17) is 4.42 Å². The monoisotopic (exact) mass is 249 g/mol. The highest BCUT2D eigenvalue weighted by Gasteiger charge is 2.66. The Morgan fingerprint density at radius 2 is 1.94 bits per heavy atom. The summed E-state index contributed by atoms with van der Waals surface area (Å²) in [6.07, 6.45) is 5.92. The molecule has 0 radical (unpaired) electrons. The van der Waals surface area contributed by atoms with E-state index in [2.05, 4.69) is 46.0 Å². The van der Waals surface area contributed by atoms with Crippen LogP contribution in [0.4, 0.5) is 0 Å². The molecule has 1 heterocycles. The average molecular weight is 249 g/mol. The second-order valence-corrected chi connectivity index (χ2v) is 6.82. The molecular weight excluding hydrogens is 222 g/mol. The summed E-state index contributed by atoms with van der Waals surface area (Å²) in [5, 5.41) is 3.74. The van der Waals surface area contributed by atoms with Gasteiger partial charge in [0, 0.05) is 6.04 Å². The standard InChI is InChI=1S/C16H27NO/c1-6-8-17-13(10-12-7-9-18-11-12)14-15(2,3)16(14,4)5/h7,9,11,13-14,17H,6,8,10H2,1-5H3. The topological polar surface area (TPSA) is 25.2 Å². The van der Waals surface area contributed by atoms with Gasteiger partial charge in [-0.3, -0.25) is 0 Å². The van der Waals surface area contributed by atoms with E-state index in [9.17, 15) is 0 Å². The number of hydrogen-bond donors (Lipinski definition) is 1. The minimum Gasteiger partial charge on any atom is -0.472 e. The first-order valence-corrected chi connectivity index (χ1v) is 7.15. The highest BCUT2D eigenvalue weighted by molar-refractivity contribution is 5.19. The lowest BCUT2D eigenvalue weighted by Gasteiger charge is -2.20. The van der Waals surface area contributed by atoms with Gasteiger partial charge in [0.25, 0.3) is 0 Å². The second-order valence-electron chi connectivity index (χ2n) is 6.82. The zero-order chi connectivity index (χ0) is 13.4. The molecule has 1 unspecified atom stereocenters. The predicted molar refractivity (Wildman–Crippen MR) is 75.5 cm³/mol. The molecule has 2 nitrogen and oxygen atoms in total. The Labute approximate surface area is 111 Å². The molecular formula is C16H27NO. The fourth-order valence-electron chi connectivity index (χ4n) is 3.55. The summed E-state index contributed by atoms with van der Waals surface area (Å²) in [6, 6.07) is 2.65. The Morgan fingerprint density at radius 1 is 1.28 bits per heavy atom. The first-order valence-electron chi connectivity index (χ1n) is 7.15. The van der Waals surface area contributed by atoms with Gasteiger partial charge in [-0.1, -0.05) is 34.6 Å². The lowest BCUT2D eigenvalue weighted by atomic mass is 9.98. The van der Waals surface area contributed by atoms with Crippen molar-refractivity contribution < 1.29 is 4.42 Å². The summed E-state index contributed by atoms with van der Waals surface area (Å²) in [5.74, 6) is 0.742. The van der Waals surface area contributed by atoms with Crippen molar-refractivity contribution in [3.63, 3.8) is 0 Å². The number of nitrogens with one attached hydrogen (secondary N) is 1. The molecule has 102 valence electrons. The van der Waals surface area contributed by atoms with Crippen LogP contribution in [0.1, 0.15) is 46.6 Å². The van der Waals surface area contributed by atoms with Crippen LogP contribution >= 0.6 is 0 Å². The van der Waals surface area contributed by atoms with Crippen molar-refractivity contribution in [3.05, 3.63) is 24.2 Å². The first kappa shape index (κ1) is 13.7. The molecule has 0 saturated heterocycles. The number of rotatable bonds is 6. The van der Waals surface area contributed by atoms with Gasteiger partial charge in [0.15, 0.2) is 0 Å². The predicted octanol–water partition coefficient (Wildman–Crippen LogP) is 3.87. The second kappa shape index (κ2) is 4.73. The Balaban J connectivity index is 2.07. The normalized spacial score (nSPS) is 22.9. The van der Waals surface area contributed by atoms with Crippen LogP contribution in [0.3, 0.4) is 0 Å². The fraction of sp³-hybridized carbons (Fsp3) is 0.750. The molecule has 0 bridgehead atoms. The van der Waals surface area contributed by atoms with Gasteiger partial charge in [-0.25, -0.2) is 0 Å². The van der Waals surface area contributed by atoms with E-state index in [1.165, 1.54) is 12.0 Å². The van der Waals surface area contributed by atoms with Gasteiger partial charge in [-0.15, -0.1) is 0 Å². The van der Waals surface area contributed by atoms with Crippen LogP contribution in [-0.2, 0) is 6.42 Å². The van der Waals surface area contributed by atoms with E-state index in [0.717, 1.165) is 18.9 Å². The maximum atomic E-state index is 5.20. The molecule has 1 aromatic rings. The number of hydrogen-bond acceptors (Lipinski definition) is 2. The Kier molecular flexibility index (Phi) is 3.59. The largest absolute Gasteiger partial charge is 0.472 e. The van der Waals surface area contributed by atoms with Crippen molar-refractivity contribution in [2.45, 2.75) is 53.5 Å². The summed E-state index contributed by atoms with van der Waals surface area (Å²) in [7, 11) is 0. The molecule has 18 heavy (non-hydrogen) atoms. The third kappa shape index (κ3) is 2.23.